The zero-order valence-electron chi connectivity index (χ0n) is 18.7. The molecule has 1 aromatic carbocycles. The molecule has 0 bridgehead atoms. The number of imidazole rings is 1. The van der Waals surface area contributed by atoms with E-state index < -0.39 is 17.8 Å². The van der Waals surface area contributed by atoms with Crippen LogP contribution in [0.5, 0.6) is 11.5 Å². The third-order valence-electron chi connectivity index (χ3n) is 5.61. The molecule has 0 radical (unpaired) electrons. The fourth-order valence-electron chi connectivity index (χ4n) is 4.17. The number of fused-ring (bicyclic) bond motifs is 3. The Hall–Kier alpha value is -4.35. The molecule has 0 spiro atoms. The number of aromatic nitrogens is 5. The lowest BCUT2D eigenvalue weighted by Crippen LogP contribution is -2.21. The minimum absolute atomic E-state index is 0.164. The molecule has 0 saturated carbocycles. The number of aromatic amines is 1. The zero-order chi connectivity index (χ0) is 24.9. The normalized spacial score (nSPS) is 11.9. The SMILES string of the molecule is COc1cnc2c(ncc3[nH]c(=O)n(Cc4ccccc4OC(F)(F)F)c32)c1-c1c(C)noc1C. The van der Waals surface area contributed by atoms with Gasteiger partial charge in [0.1, 0.15) is 28.3 Å². The zero-order valence-corrected chi connectivity index (χ0v) is 18.7. The van der Waals surface area contributed by atoms with Crippen LogP contribution in [-0.4, -0.2) is 38.1 Å². The van der Waals surface area contributed by atoms with E-state index in [9.17, 15) is 18.0 Å². The first-order valence-electron chi connectivity index (χ1n) is 10.4. The number of pyridine rings is 2. The summed E-state index contributed by atoms with van der Waals surface area (Å²) in [4.78, 5) is 24.6. The van der Waals surface area contributed by atoms with Gasteiger partial charge in [-0.05, 0) is 19.9 Å². The Morgan fingerprint density at radius 3 is 2.49 bits per heavy atom. The molecule has 180 valence electrons. The first kappa shape index (κ1) is 22.4. The first-order chi connectivity index (χ1) is 16.7. The van der Waals surface area contributed by atoms with Gasteiger partial charge in [-0.25, -0.2) is 9.78 Å². The monoisotopic (exact) mass is 485 g/mol. The Kier molecular flexibility index (Phi) is 5.23. The molecule has 12 heteroatoms. The van der Waals surface area contributed by atoms with E-state index in [1.54, 1.807) is 19.9 Å². The first-order valence-corrected chi connectivity index (χ1v) is 10.4. The summed E-state index contributed by atoms with van der Waals surface area (Å²) in [5, 5.41) is 4.01. The lowest BCUT2D eigenvalue weighted by molar-refractivity contribution is -0.274. The molecule has 5 rings (SSSR count). The fourth-order valence-corrected chi connectivity index (χ4v) is 4.17. The average Bonchev–Trinajstić information content (AvgIpc) is 3.31. The Bertz CT molecular complexity index is 1620. The van der Waals surface area contributed by atoms with E-state index in [1.807, 2.05) is 0 Å². The van der Waals surface area contributed by atoms with Crippen molar-refractivity contribution in [2.24, 2.45) is 0 Å². The Balaban J connectivity index is 1.76. The van der Waals surface area contributed by atoms with Gasteiger partial charge in [-0.3, -0.25) is 9.55 Å². The second-order valence-electron chi connectivity index (χ2n) is 7.79. The van der Waals surface area contributed by atoms with Crippen molar-refractivity contribution in [3.63, 3.8) is 0 Å². The van der Waals surface area contributed by atoms with Crippen LogP contribution in [0, 0.1) is 13.8 Å². The molecule has 0 amide bonds. The number of ether oxygens (including phenoxy) is 2. The number of hydrogen-bond acceptors (Lipinski definition) is 7. The van der Waals surface area contributed by atoms with Crippen LogP contribution in [0.4, 0.5) is 13.2 Å². The molecule has 35 heavy (non-hydrogen) atoms. The van der Waals surface area contributed by atoms with E-state index in [-0.39, 0.29) is 12.1 Å². The largest absolute Gasteiger partial charge is 0.573 e. The number of benzene rings is 1. The molecule has 0 fully saturated rings. The minimum atomic E-state index is -4.88. The Morgan fingerprint density at radius 2 is 1.80 bits per heavy atom. The fraction of sp³-hybridized carbons (Fsp3) is 0.217. The number of methoxy groups -OCH3 is 1. The van der Waals surface area contributed by atoms with Gasteiger partial charge < -0.3 is 19.0 Å². The number of H-pyrrole nitrogens is 1. The molecular weight excluding hydrogens is 467 g/mol. The van der Waals surface area contributed by atoms with E-state index in [0.717, 1.165) is 0 Å². The van der Waals surface area contributed by atoms with Crippen LogP contribution in [-0.2, 0) is 6.54 Å². The predicted octanol–water partition coefficient (Wildman–Crippen LogP) is 4.50. The second kappa shape index (κ2) is 8.15. The van der Waals surface area contributed by atoms with Crippen molar-refractivity contribution in [1.29, 1.82) is 0 Å². The molecule has 0 saturated heterocycles. The van der Waals surface area contributed by atoms with Gasteiger partial charge >= 0.3 is 12.1 Å². The van der Waals surface area contributed by atoms with Crippen LogP contribution in [0.2, 0.25) is 0 Å². The number of nitrogens with zero attached hydrogens (tertiary/aromatic N) is 4. The quantitative estimate of drug-likeness (QED) is 0.391. The number of nitrogens with one attached hydrogen (secondary N) is 1. The van der Waals surface area contributed by atoms with Crippen molar-refractivity contribution < 1.29 is 27.2 Å². The van der Waals surface area contributed by atoms with Crippen LogP contribution in [0.25, 0.3) is 33.2 Å². The lowest BCUT2D eigenvalue weighted by Gasteiger charge is -2.14. The predicted molar refractivity (Wildman–Crippen MR) is 119 cm³/mol. The molecule has 4 aromatic heterocycles. The molecule has 9 nitrogen and oxygen atoms in total. The Morgan fingerprint density at radius 1 is 1.06 bits per heavy atom. The summed E-state index contributed by atoms with van der Waals surface area (Å²) in [5.74, 6) is 0.567. The maximum absolute atomic E-state index is 12.9. The summed E-state index contributed by atoms with van der Waals surface area (Å²) in [6, 6.07) is 5.64. The number of aryl methyl sites for hydroxylation is 2. The summed E-state index contributed by atoms with van der Waals surface area (Å²) in [6.07, 6.45) is -1.91. The Labute approximate surface area is 195 Å². The third-order valence-corrected chi connectivity index (χ3v) is 5.61. The summed E-state index contributed by atoms with van der Waals surface area (Å²) >= 11 is 0. The average molecular weight is 485 g/mol. The molecular formula is C23H18F3N5O4. The highest BCUT2D eigenvalue weighted by atomic mass is 19.4. The third kappa shape index (κ3) is 3.86. The molecule has 0 atom stereocenters. The molecule has 0 aliphatic carbocycles. The molecule has 1 N–H and O–H groups in total. The maximum atomic E-state index is 12.9. The topological polar surface area (TPSA) is 108 Å². The van der Waals surface area contributed by atoms with Crippen LogP contribution >= 0.6 is 0 Å². The summed E-state index contributed by atoms with van der Waals surface area (Å²) in [5.41, 5.74) is 3.01. The van der Waals surface area contributed by atoms with E-state index in [2.05, 4.69) is 24.8 Å². The van der Waals surface area contributed by atoms with Gasteiger partial charge in [-0.15, -0.1) is 13.2 Å². The van der Waals surface area contributed by atoms with Crippen molar-refractivity contribution in [1.82, 2.24) is 24.7 Å². The van der Waals surface area contributed by atoms with Gasteiger partial charge in [0.05, 0.1) is 53.9 Å². The number of halogens is 3. The van der Waals surface area contributed by atoms with E-state index in [0.29, 0.717) is 50.4 Å². The molecule has 4 heterocycles. The highest BCUT2D eigenvalue weighted by molar-refractivity contribution is 6.06. The maximum Gasteiger partial charge on any atom is 0.573 e. The van der Waals surface area contributed by atoms with Crippen LogP contribution < -0.4 is 15.2 Å². The van der Waals surface area contributed by atoms with Crippen molar-refractivity contribution >= 4 is 22.1 Å². The van der Waals surface area contributed by atoms with E-state index in [1.165, 1.54) is 42.3 Å². The molecule has 5 aromatic rings. The van der Waals surface area contributed by atoms with Crippen LogP contribution in [0.1, 0.15) is 17.0 Å². The highest BCUT2D eigenvalue weighted by Crippen LogP contribution is 2.40. The van der Waals surface area contributed by atoms with Gasteiger partial charge in [0.25, 0.3) is 0 Å². The van der Waals surface area contributed by atoms with Crippen LogP contribution in [0.15, 0.2) is 46.0 Å². The second-order valence-corrected chi connectivity index (χ2v) is 7.79. The minimum Gasteiger partial charge on any atom is -0.494 e. The highest BCUT2D eigenvalue weighted by Gasteiger charge is 2.32. The van der Waals surface area contributed by atoms with Gasteiger partial charge in [0.2, 0.25) is 0 Å². The summed E-state index contributed by atoms with van der Waals surface area (Å²) in [6.45, 7) is 3.34. The molecule has 0 unspecified atom stereocenters. The number of rotatable bonds is 5. The van der Waals surface area contributed by atoms with Crippen molar-refractivity contribution in [2.45, 2.75) is 26.8 Å². The molecule has 0 aliphatic rings. The summed E-state index contributed by atoms with van der Waals surface area (Å²) < 4.78 is 55.1. The van der Waals surface area contributed by atoms with Crippen molar-refractivity contribution in [3.8, 4) is 22.6 Å². The van der Waals surface area contributed by atoms with Gasteiger partial charge in [-0.1, -0.05) is 23.4 Å². The number of para-hydroxylation sites is 1. The number of alkyl halides is 3. The van der Waals surface area contributed by atoms with Gasteiger partial charge in [0, 0.05) is 5.56 Å². The van der Waals surface area contributed by atoms with Crippen molar-refractivity contribution in [3.05, 3.63) is 64.2 Å². The standard InChI is InChI=1S/C23H18F3N5O4/c1-11-17(12(2)35-30-11)18-16(33-3)9-28-20-19(18)27-8-14-21(20)31(22(32)29-14)10-13-6-4-5-7-15(13)34-23(24,25)26/h4-9H,10H2,1-3H3,(H,29,32). The van der Waals surface area contributed by atoms with Gasteiger partial charge in [-0.2, -0.15) is 0 Å². The van der Waals surface area contributed by atoms with E-state index in [4.69, 9.17) is 9.26 Å². The van der Waals surface area contributed by atoms with E-state index >= 15 is 0 Å². The van der Waals surface area contributed by atoms with Gasteiger partial charge in [0.15, 0.2) is 0 Å². The molecule has 0 aliphatic heterocycles. The smallest absolute Gasteiger partial charge is 0.494 e. The summed E-state index contributed by atoms with van der Waals surface area (Å²) in [7, 11) is 1.49. The van der Waals surface area contributed by atoms with Crippen LogP contribution in [0.3, 0.4) is 0 Å². The van der Waals surface area contributed by atoms with Crippen molar-refractivity contribution in [2.75, 3.05) is 7.11 Å². The lowest BCUT2D eigenvalue weighted by atomic mass is 10.0. The number of hydrogen-bond donors (Lipinski definition) is 1.